The zero-order valence-corrected chi connectivity index (χ0v) is 9.55. The molecule has 1 heterocycles. The van der Waals surface area contributed by atoms with E-state index in [4.69, 9.17) is 4.52 Å². The molecule has 0 aliphatic rings. The fourth-order valence-electron chi connectivity index (χ4n) is 1.71. The van der Waals surface area contributed by atoms with Crippen LogP contribution in [0.5, 0.6) is 0 Å². The fraction of sp³-hybridized carbons (Fsp3) is 0.727. The van der Waals surface area contributed by atoms with Gasteiger partial charge in [-0.05, 0) is 33.7 Å². The number of hydrogen-bond donors (Lipinski definition) is 1. The Morgan fingerprint density at radius 2 is 2.14 bits per heavy atom. The van der Waals surface area contributed by atoms with Crippen molar-refractivity contribution in [2.24, 2.45) is 0 Å². The van der Waals surface area contributed by atoms with Gasteiger partial charge in [-0.3, -0.25) is 0 Å². The molecule has 14 heavy (non-hydrogen) atoms. The Hall–Kier alpha value is -0.830. The Bertz CT molecular complexity index is 261. The zero-order chi connectivity index (χ0) is 10.6. The van der Waals surface area contributed by atoms with Gasteiger partial charge in [0.25, 0.3) is 0 Å². The van der Waals surface area contributed by atoms with Crippen molar-refractivity contribution >= 4 is 0 Å². The van der Waals surface area contributed by atoms with E-state index in [2.05, 4.69) is 24.3 Å². The molecule has 0 amide bonds. The van der Waals surface area contributed by atoms with Crippen LogP contribution in [0.15, 0.2) is 4.52 Å². The maximum absolute atomic E-state index is 5.13. The van der Waals surface area contributed by atoms with Crippen LogP contribution in [0.2, 0.25) is 0 Å². The topological polar surface area (TPSA) is 38.1 Å². The summed E-state index contributed by atoms with van der Waals surface area (Å²) in [6, 6.07) is 0.341. The lowest BCUT2D eigenvalue weighted by Gasteiger charge is -2.12. The van der Waals surface area contributed by atoms with Crippen LogP contribution in [0.25, 0.3) is 0 Å². The highest BCUT2D eigenvalue weighted by atomic mass is 16.5. The molecule has 3 nitrogen and oxygen atoms in total. The highest BCUT2D eigenvalue weighted by Gasteiger charge is 2.14. The van der Waals surface area contributed by atoms with E-state index >= 15 is 0 Å². The summed E-state index contributed by atoms with van der Waals surface area (Å²) in [6.07, 6.45) is 2.44. The number of nitrogens with one attached hydrogen (secondary N) is 1. The van der Waals surface area contributed by atoms with Crippen LogP contribution in [0, 0.1) is 13.8 Å². The standard InChI is InChI=1S/C11H20N2O/c1-5-6-7-12-8(2)11-9(3)13-14-10(11)4/h8,12H,5-7H2,1-4H3. The Morgan fingerprint density at radius 1 is 1.43 bits per heavy atom. The maximum Gasteiger partial charge on any atom is 0.138 e. The van der Waals surface area contributed by atoms with Crippen LogP contribution in [-0.2, 0) is 0 Å². The fourth-order valence-corrected chi connectivity index (χ4v) is 1.71. The van der Waals surface area contributed by atoms with Crippen molar-refractivity contribution in [3.05, 3.63) is 17.0 Å². The second-order valence-corrected chi connectivity index (χ2v) is 3.77. The summed E-state index contributed by atoms with van der Waals surface area (Å²) in [6.45, 7) is 9.36. The SMILES string of the molecule is CCCCNC(C)c1c(C)noc1C. The van der Waals surface area contributed by atoms with Crippen molar-refractivity contribution < 1.29 is 4.52 Å². The normalized spacial score (nSPS) is 13.1. The molecular formula is C11H20N2O. The predicted molar refractivity (Wildman–Crippen MR) is 57.3 cm³/mol. The van der Waals surface area contributed by atoms with E-state index < -0.39 is 0 Å². The van der Waals surface area contributed by atoms with Crippen LogP contribution < -0.4 is 5.32 Å². The van der Waals surface area contributed by atoms with E-state index in [0.29, 0.717) is 6.04 Å². The highest BCUT2D eigenvalue weighted by molar-refractivity contribution is 5.24. The molecule has 1 unspecified atom stereocenters. The van der Waals surface area contributed by atoms with Crippen molar-refractivity contribution in [1.29, 1.82) is 0 Å². The zero-order valence-electron chi connectivity index (χ0n) is 9.55. The van der Waals surface area contributed by atoms with E-state index in [9.17, 15) is 0 Å². The van der Waals surface area contributed by atoms with Crippen molar-refractivity contribution in [3.8, 4) is 0 Å². The lowest BCUT2D eigenvalue weighted by molar-refractivity contribution is 0.390. The van der Waals surface area contributed by atoms with Crippen LogP contribution in [0.3, 0.4) is 0 Å². The number of unbranched alkanes of at least 4 members (excludes halogenated alkanes) is 1. The molecule has 0 saturated carbocycles. The van der Waals surface area contributed by atoms with Gasteiger partial charge in [0, 0.05) is 11.6 Å². The largest absolute Gasteiger partial charge is 0.361 e. The van der Waals surface area contributed by atoms with Crippen LogP contribution in [0.4, 0.5) is 0 Å². The maximum atomic E-state index is 5.13. The van der Waals surface area contributed by atoms with Gasteiger partial charge >= 0.3 is 0 Å². The first-order valence-corrected chi connectivity index (χ1v) is 5.33. The number of aryl methyl sites for hydroxylation is 2. The minimum atomic E-state index is 0.341. The van der Waals surface area contributed by atoms with Gasteiger partial charge in [0.1, 0.15) is 5.76 Å². The number of rotatable bonds is 5. The lowest BCUT2D eigenvalue weighted by Crippen LogP contribution is -2.20. The molecule has 1 N–H and O–H groups in total. The van der Waals surface area contributed by atoms with Crippen LogP contribution in [-0.4, -0.2) is 11.7 Å². The van der Waals surface area contributed by atoms with Gasteiger partial charge in [0.15, 0.2) is 0 Å². The molecule has 1 aromatic rings. The van der Waals surface area contributed by atoms with Gasteiger partial charge in [-0.2, -0.15) is 0 Å². The van der Waals surface area contributed by atoms with Crippen LogP contribution >= 0.6 is 0 Å². The first kappa shape index (κ1) is 11.2. The first-order chi connectivity index (χ1) is 6.66. The van der Waals surface area contributed by atoms with Gasteiger partial charge in [-0.25, -0.2) is 0 Å². The molecule has 0 aromatic carbocycles. The summed E-state index contributed by atoms with van der Waals surface area (Å²) >= 11 is 0. The minimum Gasteiger partial charge on any atom is -0.361 e. The average Bonchev–Trinajstić information content (AvgIpc) is 2.46. The Morgan fingerprint density at radius 3 is 2.64 bits per heavy atom. The Labute approximate surface area is 85.9 Å². The molecule has 0 radical (unpaired) electrons. The van der Waals surface area contributed by atoms with E-state index in [1.165, 1.54) is 18.4 Å². The number of nitrogens with zero attached hydrogens (tertiary/aromatic N) is 1. The van der Waals surface area contributed by atoms with Crippen LogP contribution in [0.1, 0.15) is 49.7 Å². The monoisotopic (exact) mass is 196 g/mol. The molecule has 3 heteroatoms. The molecule has 1 atom stereocenters. The van der Waals surface area contributed by atoms with Gasteiger partial charge in [-0.15, -0.1) is 0 Å². The molecule has 1 aromatic heterocycles. The molecule has 0 fully saturated rings. The minimum absolute atomic E-state index is 0.341. The Kier molecular flexibility index (Phi) is 4.14. The molecule has 0 aliphatic heterocycles. The van der Waals surface area contributed by atoms with E-state index in [1.807, 2.05) is 13.8 Å². The summed E-state index contributed by atoms with van der Waals surface area (Å²) < 4.78 is 5.13. The highest BCUT2D eigenvalue weighted by Crippen LogP contribution is 2.20. The molecular weight excluding hydrogens is 176 g/mol. The summed E-state index contributed by atoms with van der Waals surface area (Å²) in [4.78, 5) is 0. The van der Waals surface area contributed by atoms with Gasteiger partial charge in [-0.1, -0.05) is 18.5 Å². The molecule has 80 valence electrons. The average molecular weight is 196 g/mol. The van der Waals surface area contributed by atoms with E-state index in [-0.39, 0.29) is 0 Å². The number of aromatic nitrogens is 1. The summed E-state index contributed by atoms with van der Waals surface area (Å²) in [5.41, 5.74) is 2.21. The second kappa shape index (κ2) is 5.15. The van der Waals surface area contributed by atoms with Gasteiger partial charge in [0.2, 0.25) is 0 Å². The van der Waals surface area contributed by atoms with Crippen molar-refractivity contribution in [3.63, 3.8) is 0 Å². The molecule has 0 aliphatic carbocycles. The lowest BCUT2D eigenvalue weighted by atomic mass is 10.1. The third kappa shape index (κ3) is 2.58. The third-order valence-corrected chi connectivity index (χ3v) is 2.50. The molecule has 0 saturated heterocycles. The van der Waals surface area contributed by atoms with E-state index in [0.717, 1.165) is 18.0 Å². The molecule has 0 spiro atoms. The van der Waals surface area contributed by atoms with Crippen molar-refractivity contribution in [2.45, 2.75) is 46.6 Å². The summed E-state index contributed by atoms with van der Waals surface area (Å²) in [5, 5.41) is 7.42. The second-order valence-electron chi connectivity index (χ2n) is 3.77. The van der Waals surface area contributed by atoms with Crippen molar-refractivity contribution in [2.75, 3.05) is 6.54 Å². The third-order valence-electron chi connectivity index (χ3n) is 2.50. The Balaban J connectivity index is 2.55. The van der Waals surface area contributed by atoms with Gasteiger partial charge in [0.05, 0.1) is 5.69 Å². The smallest absolute Gasteiger partial charge is 0.138 e. The number of hydrogen-bond acceptors (Lipinski definition) is 3. The molecule has 1 rings (SSSR count). The summed E-state index contributed by atoms with van der Waals surface area (Å²) in [5.74, 6) is 0.930. The van der Waals surface area contributed by atoms with E-state index in [1.54, 1.807) is 0 Å². The predicted octanol–water partition coefficient (Wildman–Crippen LogP) is 2.74. The van der Waals surface area contributed by atoms with Crippen molar-refractivity contribution in [1.82, 2.24) is 10.5 Å². The van der Waals surface area contributed by atoms with Gasteiger partial charge < -0.3 is 9.84 Å². The quantitative estimate of drug-likeness (QED) is 0.736. The summed E-state index contributed by atoms with van der Waals surface area (Å²) in [7, 11) is 0. The molecule has 0 bridgehead atoms. The first-order valence-electron chi connectivity index (χ1n) is 5.33.